The summed E-state index contributed by atoms with van der Waals surface area (Å²) in [5.41, 5.74) is 5.95. The van der Waals surface area contributed by atoms with Crippen molar-refractivity contribution in [3.63, 3.8) is 0 Å². The smallest absolute Gasteiger partial charge is 0.319 e. The number of urea groups is 1. The van der Waals surface area contributed by atoms with Crippen LogP contribution in [-0.2, 0) is 4.79 Å². The van der Waals surface area contributed by atoms with E-state index < -0.39 is 11.9 Å². The van der Waals surface area contributed by atoms with E-state index in [0.29, 0.717) is 30.6 Å². The molecule has 0 aliphatic heterocycles. The van der Waals surface area contributed by atoms with Gasteiger partial charge in [-0.05, 0) is 31.0 Å². The molecule has 0 unspecified atom stereocenters. The van der Waals surface area contributed by atoms with Gasteiger partial charge in [-0.2, -0.15) is 0 Å². The Kier molecular flexibility index (Phi) is 6.73. The van der Waals surface area contributed by atoms with Crippen LogP contribution in [0.2, 0.25) is 0 Å². The second-order valence-electron chi connectivity index (χ2n) is 4.53. The number of nitrogens with two attached hydrogens (primary N) is 1. The van der Waals surface area contributed by atoms with Gasteiger partial charge in [-0.15, -0.1) is 0 Å². The molecule has 0 spiro atoms. The number of carboxylic acid groups (broad SMARTS) is 1. The minimum atomic E-state index is -0.810. The van der Waals surface area contributed by atoms with Crippen molar-refractivity contribution < 1.29 is 19.5 Å². The largest absolute Gasteiger partial charge is 0.481 e. The Morgan fingerprint density at radius 2 is 1.90 bits per heavy atom. The van der Waals surface area contributed by atoms with Gasteiger partial charge in [0.05, 0.1) is 0 Å². The SMILES string of the molecule is NC(=O)c1cccc(NC(=O)NCCCCCC(=O)O)c1. The molecule has 1 rings (SSSR count). The van der Waals surface area contributed by atoms with Crippen molar-refractivity contribution in [2.75, 3.05) is 11.9 Å². The summed E-state index contributed by atoms with van der Waals surface area (Å²) < 4.78 is 0. The van der Waals surface area contributed by atoms with Crippen LogP contribution in [0.1, 0.15) is 36.0 Å². The van der Waals surface area contributed by atoms with E-state index >= 15 is 0 Å². The summed E-state index contributed by atoms with van der Waals surface area (Å²) in [6.45, 7) is 0.459. The van der Waals surface area contributed by atoms with E-state index in [1.54, 1.807) is 18.2 Å². The quantitative estimate of drug-likeness (QED) is 0.543. The molecule has 0 fully saturated rings. The van der Waals surface area contributed by atoms with Crippen LogP contribution >= 0.6 is 0 Å². The van der Waals surface area contributed by atoms with Gasteiger partial charge in [0.25, 0.3) is 0 Å². The van der Waals surface area contributed by atoms with Crippen LogP contribution in [-0.4, -0.2) is 29.6 Å². The van der Waals surface area contributed by atoms with Crippen LogP contribution in [0.15, 0.2) is 24.3 Å². The molecule has 0 atom stereocenters. The lowest BCUT2D eigenvalue weighted by Gasteiger charge is -2.08. The number of carboxylic acids is 1. The number of unbranched alkanes of at least 4 members (excludes halogenated alkanes) is 2. The predicted octanol–water partition coefficient (Wildman–Crippen LogP) is 1.55. The number of hydrogen-bond donors (Lipinski definition) is 4. The zero-order chi connectivity index (χ0) is 15.7. The predicted molar refractivity (Wildman–Crippen MR) is 78.1 cm³/mol. The van der Waals surface area contributed by atoms with Gasteiger partial charge >= 0.3 is 12.0 Å². The Morgan fingerprint density at radius 1 is 1.14 bits per heavy atom. The monoisotopic (exact) mass is 293 g/mol. The van der Waals surface area contributed by atoms with Gasteiger partial charge in [-0.1, -0.05) is 12.5 Å². The number of anilines is 1. The summed E-state index contributed by atoms with van der Waals surface area (Å²) in [5, 5.41) is 13.7. The fraction of sp³-hybridized carbons (Fsp3) is 0.357. The number of hydrogen-bond acceptors (Lipinski definition) is 3. The summed E-state index contributed by atoms with van der Waals surface area (Å²) in [6, 6.07) is 5.96. The van der Waals surface area contributed by atoms with Crippen LogP contribution in [0.25, 0.3) is 0 Å². The number of carbonyl (C=O) groups excluding carboxylic acids is 2. The molecular weight excluding hydrogens is 274 g/mol. The average molecular weight is 293 g/mol. The lowest BCUT2D eigenvalue weighted by atomic mass is 10.2. The van der Waals surface area contributed by atoms with E-state index in [2.05, 4.69) is 10.6 Å². The summed E-state index contributed by atoms with van der Waals surface area (Å²) in [7, 11) is 0. The molecule has 7 heteroatoms. The Morgan fingerprint density at radius 3 is 2.57 bits per heavy atom. The molecule has 1 aromatic carbocycles. The van der Waals surface area contributed by atoms with Gasteiger partial charge in [0.1, 0.15) is 0 Å². The molecule has 0 saturated heterocycles. The first-order chi connectivity index (χ1) is 9.99. The first-order valence-corrected chi connectivity index (χ1v) is 6.65. The van der Waals surface area contributed by atoms with Gasteiger partial charge in [-0.25, -0.2) is 4.79 Å². The topological polar surface area (TPSA) is 122 Å². The number of rotatable bonds is 8. The third-order valence-corrected chi connectivity index (χ3v) is 2.76. The number of amides is 3. The standard InChI is InChI=1S/C14H19N3O4/c15-13(20)10-5-4-6-11(9-10)17-14(21)16-8-3-1-2-7-12(18)19/h4-6,9H,1-3,7-8H2,(H2,15,20)(H,18,19)(H2,16,17,21). The molecule has 5 N–H and O–H groups in total. The molecule has 7 nitrogen and oxygen atoms in total. The van der Waals surface area contributed by atoms with Gasteiger partial charge in [0, 0.05) is 24.2 Å². The normalized spacial score (nSPS) is 9.90. The van der Waals surface area contributed by atoms with E-state index in [9.17, 15) is 14.4 Å². The lowest BCUT2D eigenvalue weighted by molar-refractivity contribution is -0.137. The molecule has 21 heavy (non-hydrogen) atoms. The van der Waals surface area contributed by atoms with Crippen LogP contribution in [0, 0.1) is 0 Å². The van der Waals surface area contributed by atoms with Crippen molar-refractivity contribution in [3.05, 3.63) is 29.8 Å². The summed E-state index contributed by atoms with van der Waals surface area (Å²) in [6.07, 6.45) is 2.19. The molecule has 0 radical (unpaired) electrons. The highest BCUT2D eigenvalue weighted by atomic mass is 16.4. The molecule has 3 amide bonds. The Balaban J connectivity index is 2.26. The highest BCUT2D eigenvalue weighted by Crippen LogP contribution is 2.09. The molecule has 114 valence electrons. The molecule has 0 bridgehead atoms. The first kappa shape index (κ1) is 16.5. The van der Waals surface area contributed by atoms with Crippen LogP contribution in [0.3, 0.4) is 0 Å². The highest BCUT2D eigenvalue weighted by Gasteiger charge is 2.04. The molecule has 0 aromatic heterocycles. The summed E-state index contributed by atoms with van der Waals surface area (Å²) in [4.78, 5) is 32.9. The van der Waals surface area contributed by atoms with Crippen LogP contribution in [0.4, 0.5) is 10.5 Å². The highest BCUT2D eigenvalue weighted by molar-refractivity contribution is 5.95. The van der Waals surface area contributed by atoms with Crippen molar-refractivity contribution in [2.45, 2.75) is 25.7 Å². The minimum Gasteiger partial charge on any atom is -0.481 e. The van der Waals surface area contributed by atoms with Crippen molar-refractivity contribution in [1.29, 1.82) is 0 Å². The second kappa shape index (κ2) is 8.57. The van der Waals surface area contributed by atoms with Crippen molar-refractivity contribution in [3.8, 4) is 0 Å². The first-order valence-electron chi connectivity index (χ1n) is 6.65. The van der Waals surface area contributed by atoms with E-state index in [0.717, 1.165) is 6.42 Å². The fourth-order valence-corrected chi connectivity index (χ4v) is 1.71. The number of benzene rings is 1. The lowest BCUT2D eigenvalue weighted by Crippen LogP contribution is -2.29. The molecular formula is C14H19N3O4. The van der Waals surface area contributed by atoms with Gasteiger partial charge < -0.3 is 21.5 Å². The van der Waals surface area contributed by atoms with E-state index in [-0.39, 0.29) is 12.5 Å². The zero-order valence-corrected chi connectivity index (χ0v) is 11.6. The zero-order valence-electron chi connectivity index (χ0n) is 11.6. The second-order valence-corrected chi connectivity index (χ2v) is 4.53. The molecule has 0 aliphatic carbocycles. The maximum absolute atomic E-state index is 11.6. The molecule has 0 saturated carbocycles. The fourth-order valence-electron chi connectivity index (χ4n) is 1.71. The van der Waals surface area contributed by atoms with Crippen molar-refractivity contribution in [2.24, 2.45) is 5.73 Å². The number of nitrogens with one attached hydrogen (secondary N) is 2. The van der Waals surface area contributed by atoms with Gasteiger partial charge in [-0.3, -0.25) is 9.59 Å². The van der Waals surface area contributed by atoms with Crippen molar-refractivity contribution >= 4 is 23.6 Å². The van der Waals surface area contributed by atoms with Gasteiger partial charge in [0.2, 0.25) is 5.91 Å². The molecule has 0 aliphatic rings. The maximum Gasteiger partial charge on any atom is 0.319 e. The molecule has 0 heterocycles. The number of aliphatic carboxylic acids is 1. The van der Waals surface area contributed by atoms with Crippen LogP contribution < -0.4 is 16.4 Å². The Labute approximate surface area is 122 Å². The number of primary amides is 1. The van der Waals surface area contributed by atoms with E-state index in [1.165, 1.54) is 6.07 Å². The van der Waals surface area contributed by atoms with E-state index in [1.807, 2.05) is 0 Å². The maximum atomic E-state index is 11.6. The third kappa shape index (κ3) is 6.95. The number of carbonyl (C=O) groups is 3. The van der Waals surface area contributed by atoms with Crippen molar-refractivity contribution in [1.82, 2.24) is 5.32 Å². The average Bonchev–Trinajstić information content (AvgIpc) is 2.42. The Bertz CT molecular complexity index is 517. The Hall–Kier alpha value is -2.57. The summed E-state index contributed by atoms with van der Waals surface area (Å²) in [5.74, 6) is -1.37. The van der Waals surface area contributed by atoms with Gasteiger partial charge in [0.15, 0.2) is 0 Å². The minimum absolute atomic E-state index is 0.145. The summed E-state index contributed by atoms with van der Waals surface area (Å²) >= 11 is 0. The van der Waals surface area contributed by atoms with Crippen LogP contribution in [0.5, 0.6) is 0 Å². The molecule has 1 aromatic rings. The van der Waals surface area contributed by atoms with E-state index in [4.69, 9.17) is 10.8 Å². The third-order valence-electron chi connectivity index (χ3n) is 2.76.